The number of ether oxygens (including phenoxy) is 2. The molecule has 0 saturated carbocycles. The highest BCUT2D eigenvalue weighted by Crippen LogP contribution is 2.38. The van der Waals surface area contributed by atoms with Crippen molar-refractivity contribution in [2.24, 2.45) is 0 Å². The zero-order chi connectivity index (χ0) is 13.9. The molecule has 0 amide bonds. The minimum absolute atomic E-state index is 0. The smallest absolute Gasteiger partial charge is 0.179 e. The van der Waals surface area contributed by atoms with Crippen LogP contribution in [0.4, 0.5) is 0 Å². The Bertz CT molecular complexity index is 479. The molecule has 0 aromatic heterocycles. The van der Waals surface area contributed by atoms with Gasteiger partial charge in [-0.1, -0.05) is 11.6 Å². The fraction of sp³-hybridized carbons (Fsp3) is 0.600. The van der Waals surface area contributed by atoms with E-state index in [2.05, 4.69) is 23.3 Å². The summed E-state index contributed by atoms with van der Waals surface area (Å²) < 4.78 is 11.2. The van der Waals surface area contributed by atoms with Crippen LogP contribution in [0.3, 0.4) is 0 Å². The van der Waals surface area contributed by atoms with Crippen LogP contribution in [-0.4, -0.2) is 44.3 Å². The van der Waals surface area contributed by atoms with E-state index in [9.17, 15) is 0 Å². The minimum atomic E-state index is 0. The monoisotopic (exact) mass is 332 g/mol. The van der Waals surface area contributed by atoms with Gasteiger partial charge in [0.2, 0.25) is 0 Å². The van der Waals surface area contributed by atoms with Crippen molar-refractivity contribution in [1.29, 1.82) is 0 Å². The molecule has 0 spiro atoms. The molecule has 2 heterocycles. The average Bonchev–Trinajstić information content (AvgIpc) is 2.48. The van der Waals surface area contributed by atoms with Gasteiger partial charge in [0.1, 0.15) is 13.2 Å². The molecule has 1 fully saturated rings. The van der Waals surface area contributed by atoms with Crippen molar-refractivity contribution in [3.8, 4) is 11.5 Å². The lowest BCUT2D eigenvalue weighted by Gasteiger charge is -2.32. The highest BCUT2D eigenvalue weighted by atomic mass is 35.5. The molecule has 0 unspecified atom stereocenters. The van der Waals surface area contributed by atoms with Gasteiger partial charge in [-0.15, -0.1) is 12.4 Å². The van der Waals surface area contributed by atoms with Crippen molar-refractivity contribution in [3.05, 3.63) is 22.7 Å². The summed E-state index contributed by atoms with van der Waals surface area (Å²) in [5.74, 6) is 1.46. The number of halogens is 2. The van der Waals surface area contributed by atoms with Crippen molar-refractivity contribution < 1.29 is 9.47 Å². The van der Waals surface area contributed by atoms with Gasteiger partial charge in [-0.3, -0.25) is 4.90 Å². The molecule has 3 rings (SSSR count). The van der Waals surface area contributed by atoms with Gasteiger partial charge in [0.25, 0.3) is 0 Å². The third kappa shape index (κ3) is 3.95. The van der Waals surface area contributed by atoms with Crippen LogP contribution in [0.1, 0.15) is 18.4 Å². The molecule has 1 aromatic carbocycles. The van der Waals surface area contributed by atoms with Crippen LogP contribution in [0, 0.1) is 0 Å². The standard InChI is InChI=1S/C15H21ClN2O2.ClH/c1-18(12-2-4-17-5-3-12)10-11-8-13(16)15-14(9-11)19-6-7-20-15;/h8-9,12,17H,2-7,10H2,1H3;1H. The van der Waals surface area contributed by atoms with Crippen LogP contribution in [0.25, 0.3) is 0 Å². The fourth-order valence-electron chi connectivity index (χ4n) is 2.92. The van der Waals surface area contributed by atoms with Crippen molar-refractivity contribution in [3.63, 3.8) is 0 Å². The summed E-state index contributed by atoms with van der Waals surface area (Å²) in [6.07, 6.45) is 2.41. The summed E-state index contributed by atoms with van der Waals surface area (Å²) in [6.45, 7) is 4.27. The van der Waals surface area contributed by atoms with Crippen LogP contribution in [-0.2, 0) is 6.54 Å². The molecule has 1 N–H and O–H groups in total. The van der Waals surface area contributed by atoms with Crippen LogP contribution in [0.5, 0.6) is 11.5 Å². The topological polar surface area (TPSA) is 33.7 Å². The molecule has 4 nitrogen and oxygen atoms in total. The Labute approximate surface area is 137 Å². The highest BCUT2D eigenvalue weighted by Gasteiger charge is 2.20. The lowest BCUT2D eigenvalue weighted by molar-refractivity contribution is 0.170. The van der Waals surface area contributed by atoms with Crippen LogP contribution < -0.4 is 14.8 Å². The number of hydrogen-bond acceptors (Lipinski definition) is 4. The van der Waals surface area contributed by atoms with Gasteiger partial charge in [-0.25, -0.2) is 0 Å². The number of hydrogen-bond donors (Lipinski definition) is 1. The zero-order valence-electron chi connectivity index (χ0n) is 12.2. The second kappa shape index (κ2) is 7.54. The van der Waals surface area contributed by atoms with Gasteiger partial charge < -0.3 is 14.8 Å². The van der Waals surface area contributed by atoms with Crippen LogP contribution >= 0.6 is 24.0 Å². The summed E-state index contributed by atoms with van der Waals surface area (Å²) in [7, 11) is 2.18. The van der Waals surface area contributed by atoms with E-state index in [1.807, 2.05) is 6.07 Å². The van der Waals surface area contributed by atoms with Crippen LogP contribution in [0.2, 0.25) is 5.02 Å². The Hall–Kier alpha value is -0.680. The Balaban J connectivity index is 0.00000161. The van der Waals surface area contributed by atoms with Gasteiger partial charge in [0, 0.05) is 12.6 Å². The number of rotatable bonds is 3. The largest absolute Gasteiger partial charge is 0.486 e. The van der Waals surface area contributed by atoms with E-state index in [0.29, 0.717) is 30.0 Å². The zero-order valence-corrected chi connectivity index (χ0v) is 13.8. The predicted octanol–water partition coefficient (Wildman–Crippen LogP) is 2.72. The average molecular weight is 333 g/mol. The molecule has 0 atom stereocenters. The molecule has 2 aliphatic rings. The Kier molecular flexibility index (Phi) is 5.99. The van der Waals surface area contributed by atoms with E-state index >= 15 is 0 Å². The van der Waals surface area contributed by atoms with Gasteiger partial charge in [0.15, 0.2) is 11.5 Å². The first kappa shape index (κ1) is 16.7. The fourth-order valence-corrected chi connectivity index (χ4v) is 3.21. The Morgan fingerprint density at radius 1 is 1.24 bits per heavy atom. The first-order chi connectivity index (χ1) is 9.74. The van der Waals surface area contributed by atoms with E-state index in [4.69, 9.17) is 21.1 Å². The Morgan fingerprint density at radius 3 is 2.71 bits per heavy atom. The Morgan fingerprint density at radius 2 is 1.95 bits per heavy atom. The van der Waals surface area contributed by atoms with Gasteiger partial charge in [0.05, 0.1) is 5.02 Å². The lowest BCUT2D eigenvalue weighted by atomic mass is 10.0. The van der Waals surface area contributed by atoms with Crippen molar-refractivity contribution >= 4 is 24.0 Å². The third-order valence-corrected chi connectivity index (χ3v) is 4.30. The first-order valence-electron chi connectivity index (χ1n) is 7.23. The first-order valence-corrected chi connectivity index (χ1v) is 7.61. The molecule has 0 bridgehead atoms. The molecule has 0 radical (unpaired) electrons. The molecule has 21 heavy (non-hydrogen) atoms. The summed E-state index contributed by atoms with van der Waals surface area (Å²) in [5.41, 5.74) is 1.18. The summed E-state index contributed by atoms with van der Waals surface area (Å²) in [6, 6.07) is 4.69. The number of benzene rings is 1. The number of nitrogens with zero attached hydrogens (tertiary/aromatic N) is 1. The lowest BCUT2D eigenvalue weighted by Crippen LogP contribution is -2.40. The number of piperidine rings is 1. The second-order valence-electron chi connectivity index (χ2n) is 5.50. The maximum Gasteiger partial charge on any atom is 0.179 e. The van der Waals surface area contributed by atoms with Crippen molar-refractivity contribution in [1.82, 2.24) is 10.2 Å². The summed E-state index contributed by atoms with van der Waals surface area (Å²) in [5, 5.41) is 4.05. The van der Waals surface area contributed by atoms with Gasteiger partial charge in [-0.05, 0) is 50.7 Å². The molecule has 1 aromatic rings. The molecule has 1 saturated heterocycles. The normalized spacial score (nSPS) is 18.4. The maximum atomic E-state index is 6.28. The number of nitrogens with one attached hydrogen (secondary N) is 1. The quantitative estimate of drug-likeness (QED) is 0.922. The van der Waals surface area contributed by atoms with Crippen molar-refractivity contribution in [2.75, 3.05) is 33.4 Å². The van der Waals surface area contributed by atoms with Gasteiger partial charge in [-0.2, -0.15) is 0 Å². The molecule has 118 valence electrons. The molecule has 0 aliphatic carbocycles. The molecular weight excluding hydrogens is 311 g/mol. The van der Waals surface area contributed by atoms with E-state index < -0.39 is 0 Å². The second-order valence-corrected chi connectivity index (χ2v) is 5.91. The third-order valence-electron chi connectivity index (χ3n) is 4.02. The SMILES string of the molecule is CN(Cc1cc(Cl)c2c(c1)OCCO2)C1CCNCC1.Cl. The van der Waals surface area contributed by atoms with Crippen LogP contribution in [0.15, 0.2) is 12.1 Å². The van der Waals surface area contributed by atoms with E-state index in [1.54, 1.807) is 0 Å². The van der Waals surface area contributed by atoms with Crippen molar-refractivity contribution in [2.45, 2.75) is 25.4 Å². The molecule has 2 aliphatic heterocycles. The van der Waals surface area contributed by atoms with E-state index in [0.717, 1.165) is 25.4 Å². The highest BCUT2D eigenvalue weighted by molar-refractivity contribution is 6.32. The predicted molar refractivity (Wildman–Crippen MR) is 87.0 cm³/mol. The summed E-state index contributed by atoms with van der Waals surface area (Å²) in [4.78, 5) is 2.41. The van der Waals surface area contributed by atoms with E-state index in [1.165, 1.54) is 18.4 Å². The molecule has 6 heteroatoms. The maximum absolute atomic E-state index is 6.28. The van der Waals surface area contributed by atoms with Gasteiger partial charge >= 0.3 is 0 Å². The minimum Gasteiger partial charge on any atom is -0.486 e. The van der Waals surface area contributed by atoms with E-state index in [-0.39, 0.29) is 12.4 Å². The summed E-state index contributed by atoms with van der Waals surface area (Å²) >= 11 is 6.28. The number of fused-ring (bicyclic) bond motifs is 1. The molecular formula is C15H22Cl2N2O2.